The molecule has 1 aliphatic rings. The van der Waals surface area contributed by atoms with E-state index in [1.807, 2.05) is 0 Å². The molecule has 1 saturated heterocycles. The number of nitrogens with one attached hydrogen (secondary N) is 1. The van der Waals surface area contributed by atoms with Crippen molar-refractivity contribution < 1.29 is 33.1 Å². The molecule has 220 valence electrons. The molecule has 1 rings (SSSR count). The van der Waals surface area contributed by atoms with Crippen LogP contribution in [0.2, 0.25) is 16.6 Å². The smallest absolute Gasteiger partial charge is 0.411 e. The van der Waals surface area contributed by atoms with Crippen LogP contribution in [0.1, 0.15) is 96.4 Å². The van der Waals surface area contributed by atoms with Crippen molar-refractivity contribution in [2.75, 3.05) is 6.61 Å². The Morgan fingerprint density at radius 2 is 1.39 bits per heavy atom. The maximum Gasteiger partial charge on any atom is 0.411 e. The van der Waals surface area contributed by atoms with Crippen molar-refractivity contribution in [3.05, 3.63) is 0 Å². The molecule has 0 aromatic heterocycles. The van der Waals surface area contributed by atoms with Crippen LogP contribution >= 0.6 is 0 Å². The Morgan fingerprint density at radius 1 is 0.921 bits per heavy atom. The van der Waals surface area contributed by atoms with E-state index in [1.165, 1.54) is 11.8 Å². The van der Waals surface area contributed by atoms with Crippen LogP contribution in [-0.4, -0.2) is 73.4 Å². The van der Waals surface area contributed by atoms with Crippen molar-refractivity contribution >= 4 is 32.6 Å². The van der Waals surface area contributed by atoms with Gasteiger partial charge in [0, 0.05) is 12.8 Å². The Morgan fingerprint density at radius 3 is 1.76 bits per heavy atom. The highest BCUT2D eigenvalue weighted by atomic mass is 28.4. The summed E-state index contributed by atoms with van der Waals surface area (Å²) in [6, 6.07) is -2.62. The first-order valence-corrected chi connectivity index (χ1v) is 15.9. The fourth-order valence-corrected chi connectivity index (χ4v) is 11.4. The minimum atomic E-state index is -2.35. The van der Waals surface area contributed by atoms with Crippen molar-refractivity contribution in [2.45, 2.75) is 142 Å². The third-order valence-corrected chi connectivity index (χ3v) is 13.2. The summed E-state index contributed by atoms with van der Waals surface area (Å²) in [6.45, 7) is 24.9. The van der Waals surface area contributed by atoms with Crippen LogP contribution in [-0.2, 0) is 28.3 Å². The van der Waals surface area contributed by atoms with E-state index in [2.05, 4.69) is 46.9 Å². The summed E-state index contributed by atoms with van der Waals surface area (Å²) in [6.07, 6.45) is 0.0804. The standard InChI is InChI=1S/C28H52N2O7Si/c1-17(2)38(18(3)4,19(5)6)35-16-22(29-20(7)32)24-21(15-31)14-23(25(33)36-27(8,9)10)30(24)26(34)37-28(11,12)13/h15,17-19,21-24H,14,16H2,1-13H3,(H,29,32)/t21-,22+,23+,24+/m0/s1. The molecule has 1 N–H and O–H groups in total. The lowest BCUT2D eigenvalue weighted by Gasteiger charge is -2.44. The average molecular weight is 557 g/mol. The lowest BCUT2D eigenvalue weighted by Crippen LogP contribution is -2.60. The van der Waals surface area contributed by atoms with Crippen molar-refractivity contribution in [1.82, 2.24) is 10.2 Å². The number of carbonyl (C=O) groups is 4. The molecule has 0 aliphatic carbocycles. The van der Waals surface area contributed by atoms with Gasteiger partial charge in [0.15, 0.2) is 8.32 Å². The summed E-state index contributed by atoms with van der Waals surface area (Å²) in [7, 11) is -2.35. The first-order chi connectivity index (χ1) is 17.2. The molecule has 0 radical (unpaired) electrons. The van der Waals surface area contributed by atoms with E-state index in [4.69, 9.17) is 13.9 Å². The summed E-state index contributed by atoms with van der Waals surface area (Å²) < 4.78 is 18.1. The quantitative estimate of drug-likeness (QED) is 0.223. The van der Waals surface area contributed by atoms with Crippen LogP contribution in [0.3, 0.4) is 0 Å². The molecule has 0 spiro atoms. The second-order valence-corrected chi connectivity index (χ2v) is 18.9. The summed E-state index contributed by atoms with van der Waals surface area (Å²) in [5, 5.41) is 2.93. The molecule has 9 nitrogen and oxygen atoms in total. The molecule has 4 atom stereocenters. The van der Waals surface area contributed by atoms with Crippen molar-refractivity contribution in [2.24, 2.45) is 5.92 Å². The van der Waals surface area contributed by atoms with Gasteiger partial charge >= 0.3 is 12.1 Å². The number of carbonyl (C=O) groups excluding carboxylic acids is 4. The third-order valence-electron chi connectivity index (χ3n) is 7.07. The highest BCUT2D eigenvalue weighted by Gasteiger charge is 2.54. The zero-order chi connectivity index (χ0) is 29.8. The normalized spacial score (nSPS) is 21.6. The summed E-state index contributed by atoms with van der Waals surface area (Å²) in [4.78, 5) is 52.9. The molecule has 1 heterocycles. The highest BCUT2D eigenvalue weighted by molar-refractivity contribution is 6.77. The topological polar surface area (TPSA) is 111 Å². The number of likely N-dealkylation sites (tertiary alicyclic amines) is 1. The number of hydrogen-bond acceptors (Lipinski definition) is 7. The zero-order valence-electron chi connectivity index (χ0n) is 25.8. The summed E-state index contributed by atoms with van der Waals surface area (Å²) >= 11 is 0. The first-order valence-electron chi connectivity index (χ1n) is 13.8. The molecule has 1 aliphatic heterocycles. The first kappa shape index (κ1) is 34.1. The number of aldehydes is 1. The van der Waals surface area contributed by atoms with Gasteiger partial charge in [-0.15, -0.1) is 0 Å². The van der Waals surface area contributed by atoms with E-state index in [-0.39, 0.29) is 18.9 Å². The third kappa shape index (κ3) is 8.53. The van der Waals surface area contributed by atoms with Crippen LogP contribution in [0.5, 0.6) is 0 Å². The Kier molecular flexibility index (Phi) is 11.6. The van der Waals surface area contributed by atoms with E-state index in [9.17, 15) is 19.2 Å². The molecule has 2 amide bonds. The van der Waals surface area contributed by atoms with Gasteiger partial charge in [0.1, 0.15) is 23.5 Å². The lowest BCUT2D eigenvalue weighted by atomic mass is 9.95. The second kappa shape index (κ2) is 12.9. The highest BCUT2D eigenvalue weighted by Crippen LogP contribution is 2.43. The molecule has 0 bridgehead atoms. The van der Waals surface area contributed by atoms with Crippen LogP contribution in [0.25, 0.3) is 0 Å². The van der Waals surface area contributed by atoms with Gasteiger partial charge in [-0.05, 0) is 64.6 Å². The Labute approximate surface area is 230 Å². The van der Waals surface area contributed by atoms with Gasteiger partial charge in [-0.1, -0.05) is 41.5 Å². The largest absolute Gasteiger partial charge is 0.458 e. The van der Waals surface area contributed by atoms with Crippen LogP contribution < -0.4 is 5.32 Å². The maximum atomic E-state index is 13.6. The van der Waals surface area contributed by atoms with Crippen molar-refractivity contribution in [3.8, 4) is 0 Å². The van der Waals surface area contributed by atoms with Crippen molar-refractivity contribution in [1.29, 1.82) is 0 Å². The Hall–Kier alpha value is -1.94. The van der Waals surface area contributed by atoms with E-state index in [1.54, 1.807) is 41.5 Å². The van der Waals surface area contributed by atoms with E-state index < -0.39 is 55.6 Å². The second-order valence-electron chi connectivity index (χ2n) is 13.4. The fourth-order valence-electron chi connectivity index (χ4n) is 5.92. The van der Waals surface area contributed by atoms with E-state index in [0.29, 0.717) is 16.6 Å². The van der Waals surface area contributed by atoms with E-state index >= 15 is 0 Å². The average Bonchev–Trinajstić information content (AvgIpc) is 3.09. The zero-order valence-corrected chi connectivity index (χ0v) is 26.8. The number of amides is 2. The Bertz CT molecular complexity index is 823. The van der Waals surface area contributed by atoms with Gasteiger partial charge in [-0.3, -0.25) is 9.69 Å². The summed E-state index contributed by atoms with van der Waals surface area (Å²) in [5.41, 5.74) is -0.746. The molecular formula is C28H52N2O7Si. The summed E-state index contributed by atoms with van der Waals surface area (Å²) in [5.74, 6) is -1.66. The lowest BCUT2D eigenvalue weighted by molar-refractivity contribution is -0.160. The molecule has 0 saturated carbocycles. The van der Waals surface area contributed by atoms with Gasteiger partial charge in [0.2, 0.25) is 5.91 Å². The van der Waals surface area contributed by atoms with Gasteiger partial charge < -0.3 is 24.0 Å². The van der Waals surface area contributed by atoms with Gasteiger partial charge in [-0.25, -0.2) is 9.59 Å². The van der Waals surface area contributed by atoms with E-state index in [0.717, 1.165) is 6.29 Å². The number of ether oxygens (including phenoxy) is 2. The van der Waals surface area contributed by atoms with Crippen molar-refractivity contribution in [3.63, 3.8) is 0 Å². The van der Waals surface area contributed by atoms with Gasteiger partial charge in [0.05, 0.1) is 18.7 Å². The molecule has 0 unspecified atom stereocenters. The maximum absolute atomic E-state index is 13.6. The monoisotopic (exact) mass is 556 g/mol. The van der Waals surface area contributed by atoms with Crippen LogP contribution in [0.15, 0.2) is 0 Å². The number of nitrogens with zero attached hydrogens (tertiary/aromatic N) is 1. The Balaban J connectivity index is 3.61. The molecule has 0 aromatic rings. The molecule has 38 heavy (non-hydrogen) atoms. The number of rotatable bonds is 10. The predicted molar refractivity (Wildman–Crippen MR) is 150 cm³/mol. The molecular weight excluding hydrogens is 504 g/mol. The number of hydrogen-bond donors (Lipinski definition) is 1. The SMILES string of the molecule is CC(=O)N[C@H](CO[Si](C(C)C)(C(C)C)C(C)C)[C@H]1[C@H](C=O)C[C@H](C(=O)OC(C)(C)C)N1C(=O)OC(C)(C)C. The predicted octanol–water partition coefficient (Wildman–Crippen LogP) is 5.22. The minimum Gasteiger partial charge on any atom is -0.458 e. The van der Waals surface area contributed by atoms with Crippen LogP contribution in [0.4, 0.5) is 4.79 Å². The molecule has 1 fully saturated rings. The molecule has 0 aromatic carbocycles. The number of esters is 1. The molecule has 10 heteroatoms. The van der Waals surface area contributed by atoms with Crippen LogP contribution in [0, 0.1) is 5.92 Å². The van der Waals surface area contributed by atoms with Gasteiger partial charge in [-0.2, -0.15) is 0 Å². The van der Waals surface area contributed by atoms with Gasteiger partial charge in [0.25, 0.3) is 0 Å². The fraction of sp³-hybridized carbons (Fsp3) is 0.857. The minimum absolute atomic E-state index is 0.0690.